The fraction of sp³-hybridized carbons (Fsp3) is 0.250. The maximum Gasteiger partial charge on any atom is 0.140 e. The topological polar surface area (TPSA) is 55.5 Å². The smallest absolute Gasteiger partial charge is 0.140 e. The lowest BCUT2D eigenvalue weighted by Gasteiger charge is -2.09. The maximum absolute atomic E-state index is 13.1. The van der Waals surface area contributed by atoms with Gasteiger partial charge in [0, 0.05) is 5.56 Å². The van der Waals surface area contributed by atoms with Crippen LogP contribution in [0.5, 0.6) is 5.75 Å². The van der Waals surface area contributed by atoms with Crippen LogP contribution in [-0.2, 0) is 11.4 Å². The van der Waals surface area contributed by atoms with Gasteiger partial charge in [0.2, 0.25) is 0 Å². The van der Waals surface area contributed by atoms with Gasteiger partial charge in [-0.3, -0.25) is 4.84 Å². The van der Waals surface area contributed by atoms with Crippen LogP contribution in [0.2, 0.25) is 5.02 Å². The minimum atomic E-state index is -0.491. The summed E-state index contributed by atoms with van der Waals surface area (Å²) in [5.41, 5.74) is 0.555. The molecular weight excluding hydrogens is 197 g/mol. The van der Waals surface area contributed by atoms with Gasteiger partial charge in [0.15, 0.2) is 0 Å². The molecule has 0 radical (unpaired) electrons. The van der Waals surface area contributed by atoms with Crippen molar-refractivity contribution in [3.05, 3.63) is 28.0 Å². The van der Waals surface area contributed by atoms with Gasteiger partial charge in [-0.15, -0.1) is 0 Å². The van der Waals surface area contributed by atoms with E-state index in [9.17, 15) is 9.50 Å². The molecule has 0 aromatic heterocycles. The third-order valence-corrected chi connectivity index (χ3v) is 2.09. The van der Waals surface area contributed by atoms with Crippen molar-refractivity contribution in [3.8, 4) is 5.75 Å². The highest BCUT2D eigenvalue weighted by atomic mass is 35.5. The molecule has 0 aliphatic rings. The van der Waals surface area contributed by atoms with E-state index in [1.165, 1.54) is 6.92 Å². The highest BCUT2D eigenvalue weighted by Gasteiger charge is 2.13. The summed E-state index contributed by atoms with van der Waals surface area (Å²) in [5.74, 6) is 4.14. The Morgan fingerprint density at radius 2 is 2.31 bits per heavy atom. The van der Waals surface area contributed by atoms with Crippen molar-refractivity contribution in [3.63, 3.8) is 0 Å². The first-order chi connectivity index (χ1) is 6.07. The van der Waals surface area contributed by atoms with Gasteiger partial charge in [0.25, 0.3) is 0 Å². The molecule has 0 amide bonds. The first kappa shape index (κ1) is 10.2. The Labute approximate surface area is 79.8 Å². The lowest BCUT2D eigenvalue weighted by Crippen LogP contribution is -2.02. The predicted molar refractivity (Wildman–Crippen MR) is 46.8 cm³/mol. The molecule has 1 aromatic rings. The zero-order chi connectivity index (χ0) is 10.0. The van der Waals surface area contributed by atoms with Gasteiger partial charge in [-0.1, -0.05) is 11.6 Å². The Bertz CT molecular complexity index is 304. The van der Waals surface area contributed by atoms with Gasteiger partial charge < -0.3 is 5.11 Å². The van der Waals surface area contributed by atoms with E-state index in [0.29, 0.717) is 0 Å². The summed E-state index contributed by atoms with van der Waals surface area (Å²) in [6, 6.07) is 1.05. The Hall–Kier alpha value is -0.840. The van der Waals surface area contributed by atoms with Crippen molar-refractivity contribution in [1.82, 2.24) is 0 Å². The molecule has 0 spiro atoms. The summed E-state index contributed by atoms with van der Waals surface area (Å²) in [7, 11) is 0. The minimum Gasteiger partial charge on any atom is -0.506 e. The number of phenolic OH excluding ortho intramolecular Hbond substituents is 1. The molecule has 3 N–H and O–H groups in total. The van der Waals surface area contributed by atoms with Crippen LogP contribution >= 0.6 is 11.6 Å². The fourth-order valence-electron chi connectivity index (χ4n) is 1.01. The van der Waals surface area contributed by atoms with Gasteiger partial charge in [0.1, 0.15) is 11.6 Å². The molecule has 72 valence electrons. The number of benzene rings is 1. The Morgan fingerprint density at radius 1 is 1.69 bits per heavy atom. The average molecular weight is 206 g/mol. The molecule has 13 heavy (non-hydrogen) atoms. The summed E-state index contributed by atoms with van der Waals surface area (Å²) in [5, 5.41) is 9.35. The first-order valence-electron chi connectivity index (χ1n) is 3.56. The van der Waals surface area contributed by atoms with Gasteiger partial charge >= 0.3 is 0 Å². The van der Waals surface area contributed by atoms with E-state index in [1.807, 2.05) is 0 Å². The number of nitrogens with two attached hydrogens (primary N) is 1. The van der Waals surface area contributed by atoms with Gasteiger partial charge in [-0.25, -0.2) is 10.3 Å². The van der Waals surface area contributed by atoms with E-state index in [0.717, 1.165) is 6.07 Å². The Kier molecular flexibility index (Phi) is 3.08. The summed E-state index contributed by atoms with van der Waals surface area (Å²) in [6.45, 7) is 1.44. The highest BCUT2D eigenvalue weighted by molar-refractivity contribution is 6.32. The fourth-order valence-corrected chi connectivity index (χ4v) is 1.22. The largest absolute Gasteiger partial charge is 0.506 e. The van der Waals surface area contributed by atoms with Crippen LogP contribution in [0.1, 0.15) is 11.1 Å². The molecule has 0 unspecified atom stereocenters. The SMILES string of the molecule is Cc1c(F)cc(Cl)c(O)c1CON. The van der Waals surface area contributed by atoms with E-state index < -0.39 is 5.82 Å². The van der Waals surface area contributed by atoms with Crippen LogP contribution in [-0.4, -0.2) is 5.11 Å². The van der Waals surface area contributed by atoms with E-state index in [4.69, 9.17) is 17.5 Å². The van der Waals surface area contributed by atoms with Crippen LogP contribution in [0.25, 0.3) is 0 Å². The van der Waals surface area contributed by atoms with Gasteiger partial charge in [-0.2, -0.15) is 0 Å². The monoisotopic (exact) mass is 205 g/mol. The van der Waals surface area contributed by atoms with Crippen LogP contribution in [0.3, 0.4) is 0 Å². The van der Waals surface area contributed by atoms with Crippen molar-refractivity contribution in [2.24, 2.45) is 5.90 Å². The third-order valence-electron chi connectivity index (χ3n) is 1.80. The van der Waals surface area contributed by atoms with E-state index in [-0.39, 0.29) is 28.5 Å². The zero-order valence-corrected chi connectivity index (χ0v) is 7.73. The van der Waals surface area contributed by atoms with Crippen molar-refractivity contribution in [2.75, 3.05) is 0 Å². The second-order valence-electron chi connectivity index (χ2n) is 2.60. The number of aromatic hydroxyl groups is 1. The predicted octanol–water partition coefficient (Wildman–Crippen LogP) is 1.88. The number of halogens is 2. The Balaban J connectivity index is 3.28. The zero-order valence-electron chi connectivity index (χ0n) is 6.97. The molecule has 3 nitrogen and oxygen atoms in total. The average Bonchev–Trinajstić information content (AvgIpc) is 2.09. The van der Waals surface area contributed by atoms with Crippen LogP contribution in [0, 0.1) is 12.7 Å². The maximum atomic E-state index is 13.1. The standard InChI is InChI=1S/C8H9ClFNO2/c1-4-5(3-13-11)8(12)6(9)2-7(4)10/h2,12H,3,11H2,1H3. The van der Waals surface area contributed by atoms with Crippen molar-refractivity contribution < 1.29 is 14.3 Å². The molecule has 0 atom stereocenters. The van der Waals surface area contributed by atoms with E-state index in [1.54, 1.807) is 0 Å². The highest BCUT2D eigenvalue weighted by Crippen LogP contribution is 2.31. The quantitative estimate of drug-likeness (QED) is 0.725. The van der Waals surface area contributed by atoms with Crippen molar-refractivity contribution in [1.29, 1.82) is 0 Å². The molecule has 0 fully saturated rings. The van der Waals surface area contributed by atoms with Crippen molar-refractivity contribution >= 4 is 11.6 Å². The first-order valence-corrected chi connectivity index (χ1v) is 3.93. The summed E-state index contributed by atoms with van der Waals surface area (Å²) >= 11 is 5.54. The van der Waals surface area contributed by atoms with Crippen LogP contribution < -0.4 is 5.90 Å². The van der Waals surface area contributed by atoms with E-state index >= 15 is 0 Å². The molecule has 5 heteroatoms. The van der Waals surface area contributed by atoms with Gasteiger partial charge in [0.05, 0.1) is 11.6 Å². The molecule has 0 aliphatic heterocycles. The molecular formula is C8H9ClFNO2. The molecule has 0 bridgehead atoms. The lowest BCUT2D eigenvalue weighted by molar-refractivity contribution is 0.121. The molecule has 0 aliphatic carbocycles. The lowest BCUT2D eigenvalue weighted by atomic mass is 10.1. The number of phenols is 1. The second-order valence-corrected chi connectivity index (χ2v) is 3.01. The summed E-state index contributed by atoms with van der Waals surface area (Å²) in [4.78, 5) is 4.31. The number of hydrogen-bond donors (Lipinski definition) is 2. The molecule has 0 saturated carbocycles. The van der Waals surface area contributed by atoms with Crippen LogP contribution in [0.15, 0.2) is 6.07 Å². The normalized spacial score (nSPS) is 10.5. The summed E-state index contributed by atoms with van der Waals surface area (Å²) in [6.07, 6.45) is 0. The van der Waals surface area contributed by atoms with Crippen LogP contribution in [0.4, 0.5) is 4.39 Å². The minimum absolute atomic E-state index is 0.0462. The summed E-state index contributed by atoms with van der Waals surface area (Å²) < 4.78 is 13.1. The molecule has 1 rings (SSSR count). The molecule has 1 aromatic carbocycles. The molecule has 0 heterocycles. The second kappa shape index (κ2) is 3.91. The van der Waals surface area contributed by atoms with Crippen molar-refractivity contribution in [2.45, 2.75) is 13.5 Å². The third kappa shape index (κ3) is 1.91. The number of rotatable bonds is 2. The number of hydrogen-bond acceptors (Lipinski definition) is 3. The Morgan fingerprint density at radius 3 is 2.85 bits per heavy atom. The molecule has 0 saturated heterocycles. The van der Waals surface area contributed by atoms with E-state index in [2.05, 4.69) is 4.84 Å². The van der Waals surface area contributed by atoms with Gasteiger partial charge in [-0.05, 0) is 18.6 Å².